The Morgan fingerprint density at radius 3 is 2.80 bits per heavy atom. The quantitative estimate of drug-likeness (QED) is 0.743. The van der Waals surface area contributed by atoms with Crippen molar-refractivity contribution < 1.29 is 14.2 Å². The first-order chi connectivity index (χ1) is 7.43. The fraction of sp³-hybridized carbons (Fsp3) is 0.300. The van der Waals surface area contributed by atoms with Crippen molar-refractivity contribution in [2.45, 2.75) is 6.29 Å². The van der Waals surface area contributed by atoms with Crippen LogP contribution < -0.4 is 0 Å². The minimum atomic E-state index is -0.379. The monoisotopic (exact) mass is 223 g/mol. The van der Waals surface area contributed by atoms with Crippen molar-refractivity contribution in [3.63, 3.8) is 0 Å². The van der Waals surface area contributed by atoms with Gasteiger partial charge in [-0.25, -0.2) is 4.98 Å². The van der Waals surface area contributed by atoms with E-state index in [0.717, 1.165) is 15.2 Å². The average Bonchev–Trinajstić information content (AvgIpc) is 2.74. The molecule has 0 bridgehead atoms. The second-order valence-electron chi connectivity index (χ2n) is 3.12. The summed E-state index contributed by atoms with van der Waals surface area (Å²) in [5.74, 6) is 0. The molecule has 0 spiro atoms. The van der Waals surface area contributed by atoms with E-state index in [4.69, 9.17) is 14.2 Å². The molecule has 78 valence electrons. The summed E-state index contributed by atoms with van der Waals surface area (Å²) >= 11 is 1.59. The minimum absolute atomic E-state index is 0.264. The molecule has 1 fully saturated rings. The van der Waals surface area contributed by atoms with Crippen LogP contribution in [0.3, 0.4) is 0 Å². The number of nitrogens with zero attached hydrogens (tertiary/aromatic N) is 1. The van der Waals surface area contributed by atoms with Gasteiger partial charge in [0, 0.05) is 0 Å². The number of thiazole rings is 1. The fourth-order valence-electron chi connectivity index (χ4n) is 1.44. The molecule has 0 atom stereocenters. The summed E-state index contributed by atoms with van der Waals surface area (Å²) in [7, 11) is 0. The number of benzene rings is 1. The van der Waals surface area contributed by atoms with Crippen LogP contribution in [0, 0.1) is 0 Å². The zero-order valence-electron chi connectivity index (χ0n) is 7.88. The Morgan fingerprint density at radius 1 is 1.20 bits per heavy atom. The highest BCUT2D eigenvalue weighted by molar-refractivity contribution is 7.18. The van der Waals surface area contributed by atoms with E-state index in [1.54, 1.807) is 11.3 Å². The van der Waals surface area contributed by atoms with Gasteiger partial charge in [-0.1, -0.05) is 12.1 Å². The molecule has 0 aliphatic carbocycles. The van der Waals surface area contributed by atoms with Gasteiger partial charge in [0.1, 0.15) is 0 Å². The van der Waals surface area contributed by atoms with Gasteiger partial charge in [-0.2, -0.15) is 0 Å². The Hall–Kier alpha value is -1.01. The number of hydrogen-bond acceptors (Lipinski definition) is 5. The fourth-order valence-corrected chi connectivity index (χ4v) is 2.40. The summed E-state index contributed by atoms with van der Waals surface area (Å²) in [5.41, 5.74) is 0.983. The smallest absolute Gasteiger partial charge is 0.215 e. The Kier molecular flexibility index (Phi) is 2.38. The van der Waals surface area contributed by atoms with E-state index in [1.807, 2.05) is 24.3 Å². The highest BCUT2D eigenvalue weighted by Gasteiger charge is 2.20. The van der Waals surface area contributed by atoms with Crippen molar-refractivity contribution in [2.24, 2.45) is 0 Å². The summed E-state index contributed by atoms with van der Waals surface area (Å²) in [5, 5.41) is 0.847. The molecule has 1 aliphatic rings. The Labute approximate surface area is 90.4 Å². The largest absolute Gasteiger partial charge is 0.329 e. The predicted octanol–water partition coefficient (Wildman–Crippen LogP) is 2.27. The summed E-state index contributed by atoms with van der Waals surface area (Å²) in [6, 6.07) is 7.98. The van der Waals surface area contributed by atoms with Crippen LogP contribution in [0.15, 0.2) is 24.3 Å². The number of ether oxygens (including phenoxy) is 3. The van der Waals surface area contributed by atoms with Crippen molar-refractivity contribution >= 4 is 21.6 Å². The second kappa shape index (κ2) is 3.86. The van der Waals surface area contributed by atoms with Crippen molar-refractivity contribution in [3.05, 3.63) is 29.3 Å². The van der Waals surface area contributed by atoms with Crippen LogP contribution in [0.5, 0.6) is 0 Å². The van der Waals surface area contributed by atoms with E-state index in [2.05, 4.69) is 4.98 Å². The molecule has 0 radical (unpaired) electrons. The predicted molar refractivity (Wildman–Crippen MR) is 55.4 cm³/mol. The van der Waals surface area contributed by atoms with Crippen molar-refractivity contribution in [1.82, 2.24) is 4.98 Å². The first-order valence-corrected chi connectivity index (χ1v) is 5.41. The third-order valence-electron chi connectivity index (χ3n) is 2.12. The summed E-state index contributed by atoms with van der Waals surface area (Å²) < 4.78 is 16.7. The van der Waals surface area contributed by atoms with E-state index in [-0.39, 0.29) is 19.9 Å². The van der Waals surface area contributed by atoms with Gasteiger partial charge in [0.05, 0.1) is 10.2 Å². The Morgan fingerprint density at radius 2 is 2.00 bits per heavy atom. The van der Waals surface area contributed by atoms with Crippen LogP contribution in [0.25, 0.3) is 10.2 Å². The topological polar surface area (TPSA) is 40.6 Å². The van der Waals surface area contributed by atoms with Crippen molar-refractivity contribution in [2.75, 3.05) is 13.6 Å². The molecule has 0 unspecified atom stereocenters. The molecular weight excluding hydrogens is 214 g/mol. The SMILES string of the molecule is c1ccc2sc(C3OCOCO3)nc2c1. The standard InChI is InChI=1S/C10H9NO3S/c1-2-4-8-7(3-1)11-9(15-8)10-13-5-12-6-14-10/h1-4,10H,5-6H2. The first-order valence-electron chi connectivity index (χ1n) is 4.60. The molecule has 0 saturated carbocycles. The van der Waals surface area contributed by atoms with E-state index >= 15 is 0 Å². The molecule has 1 aromatic heterocycles. The van der Waals surface area contributed by atoms with Crippen molar-refractivity contribution in [3.8, 4) is 0 Å². The molecule has 1 aliphatic heterocycles. The van der Waals surface area contributed by atoms with Crippen LogP contribution >= 0.6 is 11.3 Å². The highest BCUT2D eigenvalue weighted by atomic mass is 32.1. The van der Waals surface area contributed by atoms with Crippen LogP contribution in [-0.2, 0) is 14.2 Å². The maximum Gasteiger partial charge on any atom is 0.215 e. The van der Waals surface area contributed by atoms with Gasteiger partial charge in [0.25, 0.3) is 0 Å². The molecule has 3 rings (SSSR count). The second-order valence-corrected chi connectivity index (χ2v) is 4.19. The van der Waals surface area contributed by atoms with E-state index in [1.165, 1.54) is 0 Å². The summed E-state index contributed by atoms with van der Waals surface area (Å²) in [6.07, 6.45) is -0.379. The van der Waals surface area contributed by atoms with Gasteiger partial charge in [0.15, 0.2) is 18.6 Å². The lowest BCUT2D eigenvalue weighted by Gasteiger charge is -2.20. The maximum atomic E-state index is 5.30. The molecule has 1 aromatic carbocycles. The summed E-state index contributed by atoms with van der Waals surface area (Å²) in [6.45, 7) is 0.529. The molecule has 1 saturated heterocycles. The van der Waals surface area contributed by atoms with E-state index in [0.29, 0.717) is 0 Å². The third-order valence-corrected chi connectivity index (χ3v) is 3.18. The van der Waals surface area contributed by atoms with Gasteiger partial charge in [-0.3, -0.25) is 0 Å². The van der Waals surface area contributed by atoms with Gasteiger partial charge in [0.2, 0.25) is 6.29 Å². The molecule has 0 amide bonds. The summed E-state index contributed by atoms with van der Waals surface area (Å²) in [4.78, 5) is 4.45. The third kappa shape index (κ3) is 1.74. The molecule has 4 nitrogen and oxygen atoms in total. The van der Waals surface area contributed by atoms with Gasteiger partial charge < -0.3 is 14.2 Å². The molecule has 5 heteroatoms. The highest BCUT2D eigenvalue weighted by Crippen LogP contribution is 2.29. The number of fused-ring (bicyclic) bond motifs is 1. The molecule has 15 heavy (non-hydrogen) atoms. The maximum absolute atomic E-state index is 5.30. The molecule has 2 heterocycles. The zero-order valence-corrected chi connectivity index (χ0v) is 8.70. The van der Waals surface area contributed by atoms with Crippen molar-refractivity contribution in [1.29, 1.82) is 0 Å². The van der Waals surface area contributed by atoms with Gasteiger partial charge >= 0.3 is 0 Å². The van der Waals surface area contributed by atoms with Crippen LogP contribution in [-0.4, -0.2) is 18.6 Å². The lowest BCUT2D eigenvalue weighted by Crippen LogP contribution is -2.19. The van der Waals surface area contributed by atoms with Crippen LogP contribution in [0.4, 0.5) is 0 Å². The van der Waals surface area contributed by atoms with E-state index < -0.39 is 0 Å². The minimum Gasteiger partial charge on any atom is -0.329 e. The van der Waals surface area contributed by atoms with Gasteiger partial charge in [-0.05, 0) is 12.1 Å². The lowest BCUT2D eigenvalue weighted by molar-refractivity contribution is -0.303. The average molecular weight is 223 g/mol. The molecule has 2 aromatic rings. The Bertz CT molecular complexity index is 431. The number of para-hydroxylation sites is 1. The number of aromatic nitrogens is 1. The normalized spacial score (nSPS) is 18.4. The van der Waals surface area contributed by atoms with Crippen LogP contribution in [0.2, 0.25) is 0 Å². The number of rotatable bonds is 1. The first kappa shape index (κ1) is 9.23. The lowest BCUT2D eigenvalue weighted by atomic mass is 10.3. The van der Waals surface area contributed by atoms with E-state index in [9.17, 15) is 0 Å². The zero-order chi connectivity index (χ0) is 10.1. The molecular formula is C10H9NO3S. The Balaban J connectivity index is 1.96. The molecule has 0 N–H and O–H groups in total. The van der Waals surface area contributed by atoms with Crippen LogP contribution in [0.1, 0.15) is 11.3 Å². The number of hydrogen-bond donors (Lipinski definition) is 0. The van der Waals surface area contributed by atoms with Gasteiger partial charge in [-0.15, -0.1) is 11.3 Å².